The standard InChI is InChI=1S/C10H13NO2/c11-9-3-1-2-8(6-9)10-7-12-4-5-13-10/h1-3,6,10H,4-5,7,11H2/t10-/m0/s1. The molecule has 0 radical (unpaired) electrons. The lowest BCUT2D eigenvalue weighted by atomic mass is 10.1. The van der Waals surface area contributed by atoms with Gasteiger partial charge < -0.3 is 15.2 Å². The van der Waals surface area contributed by atoms with Gasteiger partial charge in [0.15, 0.2) is 0 Å². The van der Waals surface area contributed by atoms with Crippen LogP contribution in [-0.4, -0.2) is 19.8 Å². The van der Waals surface area contributed by atoms with Crippen molar-refractivity contribution < 1.29 is 9.47 Å². The molecule has 2 N–H and O–H groups in total. The number of hydrogen-bond acceptors (Lipinski definition) is 3. The Balaban J connectivity index is 2.14. The van der Waals surface area contributed by atoms with Crippen LogP contribution in [0.5, 0.6) is 0 Å². The molecule has 1 atom stereocenters. The molecule has 0 amide bonds. The van der Waals surface area contributed by atoms with Crippen LogP contribution in [0.2, 0.25) is 0 Å². The summed E-state index contributed by atoms with van der Waals surface area (Å²) in [5.74, 6) is 0. The Labute approximate surface area is 77.5 Å². The zero-order valence-corrected chi connectivity index (χ0v) is 7.40. The highest BCUT2D eigenvalue weighted by molar-refractivity contribution is 5.41. The molecule has 2 rings (SSSR count). The average molecular weight is 179 g/mol. The molecular formula is C10H13NO2. The molecule has 1 aliphatic heterocycles. The maximum Gasteiger partial charge on any atom is 0.106 e. The van der Waals surface area contributed by atoms with Crippen molar-refractivity contribution in [2.45, 2.75) is 6.10 Å². The molecule has 1 heterocycles. The van der Waals surface area contributed by atoms with E-state index in [1.807, 2.05) is 24.3 Å². The van der Waals surface area contributed by atoms with E-state index in [1.165, 1.54) is 0 Å². The molecule has 1 fully saturated rings. The van der Waals surface area contributed by atoms with E-state index in [2.05, 4.69) is 0 Å². The highest BCUT2D eigenvalue weighted by Gasteiger charge is 2.15. The number of hydrogen-bond donors (Lipinski definition) is 1. The first-order valence-corrected chi connectivity index (χ1v) is 4.41. The molecule has 0 unspecified atom stereocenters. The first-order chi connectivity index (χ1) is 6.36. The molecule has 0 saturated carbocycles. The van der Waals surface area contributed by atoms with Crippen LogP contribution in [0.25, 0.3) is 0 Å². The Morgan fingerprint density at radius 3 is 2.92 bits per heavy atom. The number of rotatable bonds is 1. The molecule has 70 valence electrons. The van der Waals surface area contributed by atoms with Crippen molar-refractivity contribution in [2.75, 3.05) is 25.6 Å². The molecule has 1 aliphatic rings. The van der Waals surface area contributed by atoms with Gasteiger partial charge in [-0.15, -0.1) is 0 Å². The van der Waals surface area contributed by atoms with Crippen LogP contribution in [0.15, 0.2) is 24.3 Å². The van der Waals surface area contributed by atoms with Crippen LogP contribution in [0.3, 0.4) is 0 Å². The van der Waals surface area contributed by atoms with Crippen LogP contribution < -0.4 is 5.73 Å². The topological polar surface area (TPSA) is 44.5 Å². The third-order valence-corrected chi connectivity index (χ3v) is 2.10. The van der Waals surface area contributed by atoms with E-state index in [0.29, 0.717) is 19.8 Å². The summed E-state index contributed by atoms with van der Waals surface area (Å²) >= 11 is 0. The lowest BCUT2D eigenvalue weighted by molar-refractivity contribution is -0.0901. The zero-order chi connectivity index (χ0) is 9.10. The van der Waals surface area contributed by atoms with Crippen LogP contribution >= 0.6 is 0 Å². The molecule has 13 heavy (non-hydrogen) atoms. The lowest BCUT2D eigenvalue weighted by Crippen LogP contribution is -2.21. The van der Waals surface area contributed by atoms with Crippen LogP contribution in [0, 0.1) is 0 Å². The van der Waals surface area contributed by atoms with Gasteiger partial charge in [0.25, 0.3) is 0 Å². The van der Waals surface area contributed by atoms with Gasteiger partial charge in [-0.25, -0.2) is 0 Å². The van der Waals surface area contributed by atoms with Crippen LogP contribution in [0.1, 0.15) is 11.7 Å². The van der Waals surface area contributed by atoms with E-state index in [9.17, 15) is 0 Å². The quantitative estimate of drug-likeness (QED) is 0.662. The van der Waals surface area contributed by atoms with Crippen molar-refractivity contribution in [3.05, 3.63) is 29.8 Å². The normalized spacial score (nSPS) is 22.9. The van der Waals surface area contributed by atoms with Gasteiger partial charge in [0.05, 0.1) is 19.8 Å². The largest absolute Gasteiger partial charge is 0.399 e. The second-order valence-corrected chi connectivity index (χ2v) is 3.10. The number of anilines is 1. The third-order valence-electron chi connectivity index (χ3n) is 2.10. The highest BCUT2D eigenvalue weighted by Crippen LogP contribution is 2.21. The zero-order valence-electron chi connectivity index (χ0n) is 7.40. The fourth-order valence-electron chi connectivity index (χ4n) is 1.44. The van der Waals surface area contributed by atoms with Gasteiger partial charge in [-0.1, -0.05) is 12.1 Å². The smallest absolute Gasteiger partial charge is 0.106 e. The molecule has 3 nitrogen and oxygen atoms in total. The van der Waals surface area contributed by atoms with Gasteiger partial charge in [0, 0.05) is 5.69 Å². The Kier molecular flexibility index (Phi) is 2.47. The monoisotopic (exact) mass is 179 g/mol. The van der Waals surface area contributed by atoms with Crippen molar-refractivity contribution in [1.82, 2.24) is 0 Å². The lowest BCUT2D eigenvalue weighted by Gasteiger charge is -2.23. The van der Waals surface area contributed by atoms with Crippen molar-refractivity contribution in [1.29, 1.82) is 0 Å². The molecule has 0 bridgehead atoms. The van der Waals surface area contributed by atoms with Gasteiger partial charge in [-0.2, -0.15) is 0 Å². The minimum Gasteiger partial charge on any atom is -0.399 e. The van der Waals surface area contributed by atoms with Crippen molar-refractivity contribution in [3.8, 4) is 0 Å². The predicted octanol–water partition coefficient (Wildman–Crippen LogP) is 1.36. The van der Waals surface area contributed by atoms with Crippen molar-refractivity contribution >= 4 is 5.69 Å². The van der Waals surface area contributed by atoms with E-state index in [4.69, 9.17) is 15.2 Å². The molecule has 0 aliphatic carbocycles. The average Bonchev–Trinajstić information content (AvgIpc) is 2.19. The van der Waals surface area contributed by atoms with E-state index in [1.54, 1.807) is 0 Å². The molecule has 1 saturated heterocycles. The molecule has 3 heteroatoms. The third kappa shape index (κ3) is 1.99. The number of nitrogen functional groups attached to an aromatic ring is 1. The predicted molar refractivity (Wildman–Crippen MR) is 50.4 cm³/mol. The summed E-state index contributed by atoms with van der Waals surface area (Å²) in [7, 11) is 0. The van der Waals surface area contributed by atoms with Gasteiger partial charge in [0.2, 0.25) is 0 Å². The second kappa shape index (κ2) is 3.77. The number of benzene rings is 1. The molecule has 1 aromatic carbocycles. The molecular weight excluding hydrogens is 166 g/mol. The molecule has 1 aromatic rings. The second-order valence-electron chi connectivity index (χ2n) is 3.10. The van der Waals surface area contributed by atoms with E-state index >= 15 is 0 Å². The number of ether oxygens (including phenoxy) is 2. The Bertz CT molecular complexity index is 282. The van der Waals surface area contributed by atoms with E-state index in [0.717, 1.165) is 11.3 Å². The number of nitrogens with two attached hydrogens (primary N) is 1. The first kappa shape index (κ1) is 8.53. The Morgan fingerprint density at radius 2 is 2.23 bits per heavy atom. The summed E-state index contributed by atoms with van der Waals surface area (Å²) in [5, 5.41) is 0. The minimum atomic E-state index is 0.0530. The van der Waals surface area contributed by atoms with Gasteiger partial charge >= 0.3 is 0 Å². The van der Waals surface area contributed by atoms with E-state index in [-0.39, 0.29) is 6.10 Å². The maximum atomic E-state index is 5.67. The SMILES string of the molecule is Nc1cccc([C@@H]2COCCO2)c1. The van der Waals surface area contributed by atoms with Gasteiger partial charge in [-0.05, 0) is 17.7 Å². The summed E-state index contributed by atoms with van der Waals surface area (Å²) < 4.78 is 10.8. The summed E-state index contributed by atoms with van der Waals surface area (Å²) in [6.07, 6.45) is 0.0530. The summed E-state index contributed by atoms with van der Waals surface area (Å²) in [6.45, 7) is 1.99. The summed E-state index contributed by atoms with van der Waals surface area (Å²) in [4.78, 5) is 0. The summed E-state index contributed by atoms with van der Waals surface area (Å²) in [5.41, 5.74) is 7.54. The fourth-order valence-corrected chi connectivity index (χ4v) is 1.44. The van der Waals surface area contributed by atoms with Crippen LogP contribution in [0.4, 0.5) is 5.69 Å². The molecule has 0 spiro atoms. The van der Waals surface area contributed by atoms with Gasteiger partial charge in [-0.3, -0.25) is 0 Å². The van der Waals surface area contributed by atoms with Crippen LogP contribution in [-0.2, 0) is 9.47 Å². The Hall–Kier alpha value is -1.06. The summed E-state index contributed by atoms with van der Waals surface area (Å²) in [6, 6.07) is 7.74. The van der Waals surface area contributed by atoms with Gasteiger partial charge in [0.1, 0.15) is 6.10 Å². The maximum absolute atomic E-state index is 5.67. The fraction of sp³-hybridized carbons (Fsp3) is 0.400. The molecule has 0 aromatic heterocycles. The minimum absolute atomic E-state index is 0.0530. The Morgan fingerprint density at radius 1 is 1.31 bits per heavy atom. The van der Waals surface area contributed by atoms with E-state index < -0.39 is 0 Å². The van der Waals surface area contributed by atoms with Crippen molar-refractivity contribution in [2.24, 2.45) is 0 Å². The first-order valence-electron chi connectivity index (χ1n) is 4.41. The van der Waals surface area contributed by atoms with Crippen molar-refractivity contribution in [3.63, 3.8) is 0 Å². The highest BCUT2D eigenvalue weighted by atomic mass is 16.6.